The summed E-state index contributed by atoms with van der Waals surface area (Å²) in [6.45, 7) is 0.988. The molecule has 5 heteroatoms. The third-order valence-corrected chi connectivity index (χ3v) is 2.56. The molecule has 0 aliphatic heterocycles. The number of carbonyl (C=O) groups is 1. The van der Waals surface area contributed by atoms with Crippen LogP contribution >= 0.6 is 0 Å². The predicted octanol–water partition coefficient (Wildman–Crippen LogP) is 1.17. The molecule has 0 saturated carbocycles. The minimum atomic E-state index is -0.227. The van der Waals surface area contributed by atoms with Crippen molar-refractivity contribution in [1.29, 1.82) is 0 Å². The average molecular weight is 233 g/mol. The van der Waals surface area contributed by atoms with Gasteiger partial charge in [0.25, 0.3) is 0 Å². The fourth-order valence-corrected chi connectivity index (χ4v) is 1.73. The molecule has 0 radical (unpaired) electrons. The molecule has 0 amide bonds. The zero-order valence-corrected chi connectivity index (χ0v) is 9.93. The van der Waals surface area contributed by atoms with Crippen LogP contribution in [-0.2, 0) is 16.1 Å². The van der Waals surface area contributed by atoms with E-state index in [1.54, 1.807) is 6.33 Å². The minimum absolute atomic E-state index is 0.227. The molecule has 0 bridgehead atoms. The number of imidazole rings is 1. The summed E-state index contributed by atoms with van der Waals surface area (Å²) in [6, 6.07) is 6.01. The molecule has 0 aliphatic carbocycles. The Hall–Kier alpha value is -1.88. The molecule has 17 heavy (non-hydrogen) atoms. The average Bonchev–Trinajstić information content (AvgIpc) is 2.75. The van der Waals surface area contributed by atoms with Gasteiger partial charge < -0.3 is 9.72 Å². The van der Waals surface area contributed by atoms with Crippen molar-refractivity contribution in [3.63, 3.8) is 0 Å². The second-order valence-electron chi connectivity index (χ2n) is 4.00. The molecule has 0 aliphatic rings. The Morgan fingerprint density at radius 2 is 2.35 bits per heavy atom. The van der Waals surface area contributed by atoms with Gasteiger partial charge in [0.1, 0.15) is 0 Å². The van der Waals surface area contributed by atoms with Gasteiger partial charge in [0.05, 0.1) is 31.0 Å². The monoisotopic (exact) mass is 233 g/mol. The summed E-state index contributed by atoms with van der Waals surface area (Å²) in [7, 11) is 3.28. The van der Waals surface area contributed by atoms with Crippen molar-refractivity contribution < 1.29 is 9.53 Å². The lowest BCUT2D eigenvalue weighted by Crippen LogP contribution is -2.26. The molecule has 1 heterocycles. The van der Waals surface area contributed by atoms with Crippen molar-refractivity contribution in [3.8, 4) is 0 Å². The first-order valence-corrected chi connectivity index (χ1v) is 5.36. The molecule has 0 fully saturated rings. The van der Waals surface area contributed by atoms with E-state index in [4.69, 9.17) is 0 Å². The molecule has 2 aromatic rings. The van der Waals surface area contributed by atoms with E-state index in [1.165, 1.54) is 7.11 Å². The van der Waals surface area contributed by atoms with Crippen LogP contribution in [0.2, 0.25) is 0 Å². The van der Waals surface area contributed by atoms with E-state index in [1.807, 2.05) is 30.1 Å². The molecule has 0 unspecified atom stereocenters. The van der Waals surface area contributed by atoms with Crippen molar-refractivity contribution in [2.45, 2.75) is 6.54 Å². The molecule has 1 aromatic carbocycles. The number of esters is 1. The third-order valence-electron chi connectivity index (χ3n) is 2.56. The summed E-state index contributed by atoms with van der Waals surface area (Å²) in [4.78, 5) is 20.2. The molecule has 5 nitrogen and oxygen atoms in total. The van der Waals surface area contributed by atoms with E-state index in [0.29, 0.717) is 6.54 Å². The van der Waals surface area contributed by atoms with Crippen LogP contribution in [0.5, 0.6) is 0 Å². The molecule has 1 aromatic heterocycles. The molecule has 0 atom stereocenters. The van der Waals surface area contributed by atoms with Gasteiger partial charge in [-0.3, -0.25) is 9.69 Å². The highest BCUT2D eigenvalue weighted by molar-refractivity contribution is 5.75. The number of likely N-dealkylation sites (N-methyl/N-ethyl adjacent to an activating group) is 1. The van der Waals surface area contributed by atoms with Crippen molar-refractivity contribution in [3.05, 3.63) is 30.1 Å². The number of nitrogens with zero attached hydrogens (tertiary/aromatic N) is 2. The summed E-state index contributed by atoms with van der Waals surface area (Å²) >= 11 is 0. The normalized spacial score (nSPS) is 11.0. The second kappa shape index (κ2) is 4.97. The number of hydrogen-bond donors (Lipinski definition) is 1. The highest BCUT2D eigenvalue weighted by Gasteiger charge is 2.07. The van der Waals surface area contributed by atoms with Gasteiger partial charge in [-0.15, -0.1) is 0 Å². The maximum Gasteiger partial charge on any atom is 0.319 e. The van der Waals surface area contributed by atoms with Crippen LogP contribution in [0.4, 0.5) is 0 Å². The van der Waals surface area contributed by atoms with Gasteiger partial charge in [-0.2, -0.15) is 0 Å². The fraction of sp³-hybridized carbons (Fsp3) is 0.333. The van der Waals surface area contributed by atoms with Crippen LogP contribution in [0, 0.1) is 0 Å². The summed E-state index contributed by atoms with van der Waals surface area (Å²) in [5.41, 5.74) is 3.09. The van der Waals surface area contributed by atoms with Gasteiger partial charge in [-0.1, -0.05) is 6.07 Å². The van der Waals surface area contributed by atoms with Crippen LogP contribution in [0.3, 0.4) is 0 Å². The van der Waals surface area contributed by atoms with Crippen LogP contribution in [0.1, 0.15) is 5.56 Å². The van der Waals surface area contributed by atoms with Crippen LogP contribution in [0.15, 0.2) is 24.5 Å². The number of aromatic amines is 1. The number of benzene rings is 1. The van der Waals surface area contributed by atoms with Crippen molar-refractivity contribution in [2.75, 3.05) is 20.7 Å². The topological polar surface area (TPSA) is 58.2 Å². The zero-order chi connectivity index (χ0) is 12.3. The zero-order valence-electron chi connectivity index (χ0n) is 9.93. The van der Waals surface area contributed by atoms with E-state index in [9.17, 15) is 4.79 Å². The molecular formula is C12H15N3O2. The van der Waals surface area contributed by atoms with Gasteiger partial charge in [0.2, 0.25) is 0 Å². The van der Waals surface area contributed by atoms with Crippen molar-refractivity contribution in [1.82, 2.24) is 14.9 Å². The number of carbonyl (C=O) groups excluding carboxylic acids is 1. The van der Waals surface area contributed by atoms with E-state index in [0.717, 1.165) is 16.6 Å². The smallest absolute Gasteiger partial charge is 0.319 e. The Kier molecular flexibility index (Phi) is 3.39. The maximum atomic E-state index is 11.1. The van der Waals surface area contributed by atoms with Crippen LogP contribution in [-0.4, -0.2) is 41.5 Å². The SMILES string of the molecule is COC(=O)CN(C)Cc1ccc2nc[nH]c2c1. The van der Waals surface area contributed by atoms with Gasteiger partial charge >= 0.3 is 5.97 Å². The summed E-state index contributed by atoms with van der Waals surface area (Å²) in [6.07, 6.45) is 1.67. The number of rotatable bonds is 4. The molecular weight excluding hydrogens is 218 g/mol. The highest BCUT2D eigenvalue weighted by Crippen LogP contribution is 2.12. The first kappa shape index (κ1) is 11.6. The number of aromatic nitrogens is 2. The van der Waals surface area contributed by atoms with Gasteiger partial charge in [0.15, 0.2) is 0 Å². The highest BCUT2D eigenvalue weighted by atomic mass is 16.5. The van der Waals surface area contributed by atoms with E-state index in [2.05, 4.69) is 14.7 Å². The first-order chi connectivity index (χ1) is 8.19. The lowest BCUT2D eigenvalue weighted by atomic mass is 10.2. The van der Waals surface area contributed by atoms with Crippen molar-refractivity contribution >= 4 is 17.0 Å². The maximum absolute atomic E-state index is 11.1. The Morgan fingerprint density at radius 3 is 3.12 bits per heavy atom. The van der Waals surface area contributed by atoms with E-state index >= 15 is 0 Å². The van der Waals surface area contributed by atoms with Crippen LogP contribution in [0.25, 0.3) is 11.0 Å². The number of hydrogen-bond acceptors (Lipinski definition) is 4. The number of ether oxygens (including phenoxy) is 1. The molecule has 0 saturated heterocycles. The summed E-state index contributed by atoms with van der Waals surface area (Å²) in [5.74, 6) is -0.227. The largest absolute Gasteiger partial charge is 0.468 e. The molecule has 90 valence electrons. The summed E-state index contributed by atoms with van der Waals surface area (Å²) in [5, 5.41) is 0. The first-order valence-electron chi connectivity index (χ1n) is 5.36. The Bertz CT molecular complexity index is 521. The van der Waals surface area contributed by atoms with Gasteiger partial charge in [0, 0.05) is 6.54 Å². The number of H-pyrrole nitrogens is 1. The van der Waals surface area contributed by atoms with E-state index < -0.39 is 0 Å². The van der Waals surface area contributed by atoms with Gasteiger partial charge in [-0.05, 0) is 24.7 Å². The molecule has 0 spiro atoms. The Morgan fingerprint density at radius 1 is 1.53 bits per heavy atom. The minimum Gasteiger partial charge on any atom is -0.468 e. The molecule has 2 rings (SSSR count). The third kappa shape index (κ3) is 2.82. The Balaban J connectivity index is 2.04. The number of nitrogens with one attached hydrogen (secondary N) is 1. The second-order valence-corrected chi connectivity index (χ2v) is 4.00. The lowest BCUT2D eigenvalue weighted by Gasteiger charge is -2.14. The van der Waals surface area contributed by atoms with Gasteiger partial charge in [-0.25, -0.2) is 4.98 Å². The fourth-order valence-electron chi connectivity index (χ4n) is 1.73. The quantitative estimate of drug-likeness (QED) is 0.805. The summed E-state index contributed by atoms with van der Waals surface area (Å²) < 4.78 is 4.62. The molecule has 1 N–H and O–H groups in total. The standard InChI is InChI=1S/C12H15N3O2/c1-15(7-12(16)17-2)6-9-3-4-10-11(5-9)14-8-13-10/h3-5,8H,6-7H2,1-2H3,(H,13,14). The van der Waals surface area contributed by atoms with Crippen molar-refractivity contribution in [2.24, 2.45) is 0 Å². The van der Waals surface area contributed by atoms with Crippen LogP contribution < -0.4 is 0 Å². The lowest BCUT2D eigenvalue weighted by molar-refractivity contribution is -0.141. The number of fused-ring (bicyclic) bond motifs is 1. The van der Waals surface area contributed by atoms with E-state index in [-0.39, 0.29) is 12.5 Å². The predicted molar refractivity (Wildman–Crippen MR) is 64.4 cm³/mol. The number of methoxy groups -OCH3 is 1. The Labute approximate surface area is 99.4 Å².